The number of carbonyl (C=O) groups excluding carboxylic acids is 1. The van der Waals surface area contributed by atoms with E-state index in [1.807, 2.05) is 42.1 Å². The zero-order valence-electron chi connectivity index (χ0n) is 8.55. The Kier molecular flexibility index (Phi) is 2.63. The van der Waals surface area contributed by atoms with Gasteiger partial charge in [-0.25, -0.2) is 0 Å². The van der Waals surface area contributed by atoms with E-state index in [2.05, 4.69) is 4.98 Å². The van der Waals surface area contributed by atoms with Gasteiger partial charge in [-0.15, -0.1) is 0 Å². The van der Waals surface area contributed by atoms with Crippen molar-refractivity contribution in [2.45, 2.75) is 13.5 Å². The fourth-order valence-corrected chi connectivity index (χ4v) is 1.54. The van der Waals surface area contributed by atoms with E-state index < -0.39 is 0 Å². The molecule has 0 saturated carbocycles. The minimum absolute atomic E-state index is 0.700. The van der Waals surface area contributed by atoms with Crippen LogP contribution in [0.15, 0.2) is 36.8 Å². The van der Waals surface area contributed by atoms with Gasteiger partial charge in [-0.05, 0) is 36.2 Å². The number of aldehydes is 1. The van der Waals surface area contributed by atoms with Crippen LogP contribution in [0.3, 0.4) is 0 Å². The maximum Gasteiger partial charge on any atom is 0.166 e. The van der Waals surface area contributed by atoms with Crippen molar-refractivity contribution in [3.63, 3.8) is 0 Å². The van der Waals surface area contributed by atoms with Crippen molar-refractivity contribution in [3.8, 4) is 0 Å². The fourth-order valence-electron chi connectivity index (χ4n) is 1.54. The predicted octanol–water partition coefficient (Wildman–Crippen LogP) is 2.05. The summed E-state index contributed by atoms with van der Waals surface area (Å²) in [6.07, 6.45) is 6.38. The molecule has 0 atom stereocenters. The van der Waals surface area contributed by atoms with Crippen LogP contribution in [-0.2, 0) is 6.54 Å². The van der Waals surface area contributed by atoms with Crippen LogP contribution in [0.2, 0.25) is 0 Å². The standard InChI is InChI=1S/C12H12N2O/c1-10-7-13-5-4-11(10)8-14-6-2-3-12(14)9-15/h2-7,9H,8H2,1H3. The highest BCUT2D eigenvalue weighted by molar-refractivity contribution is 5.72. The molecule has 15 heavy (non-hydrogen) atoms. The second kappa shape index (κ2) is 4.09. The van der Waals surface area contributed by atoms with Crippen LogP contribution in [0.1, 0.15) is 21.6 Å². The van der Waals surface area contributed by atoms with Gasteiger partial charge in [-0.3, -0.25) is 9.78 Å². The first-order valence-corrected chi connectivity index (χ1v) is 4.81. The van der Waals surface area contributed by atoms with E-state index in [0.29, 0.717) is 5.69 Å². The zero-order valence-corrected chi connectivity index (χ0v) is 8.55. The minimum atomic E-state index is 0.700. The summed E-state index contributed by atoms with van der Waals surface area (Å²) in [6.45, 7) is 2.74. The second-order valence-corrected chi connectivity index (χ2v) is 3.48. The highest BCUT2D eigenvalue weighted by Gasteiger charge is 2.02. The average molecular weight is 200 g/mol. The molecule has 0 amide bonds. The number of hydrogen-bond acceptors (Lipinski definition) is 2. The number of rotatable bonds is 3. The summed E-state index contributed by atoms with van der Waals surface area (Å²) in [4.78, 5) is 14.8. The van der Waals surface area contributed by atoms with Gasteiger partial charge in [0.15, 0.2) is 6.29 Å². The summed E-state index contributed by atoms with van der Waals surface area (Å²) >= 11 is 0. The predicted molar refractivity (Wildman–Crippen MR) is 57.9 cm³/mol. The van der Waals surface area contributed by atoms with Crippen LogP contribution in [0.25, 0.3) is 0 Å². The Balaban J connectivity index is 2.29. The van der Waals surface area contributed by atoms with Gasteiger partial charge in [0.05, 0.1) is 5.69 Å². The lowest BCUT2D eigenvalue weighted by Gasteiger charge is -2.07. The molecule has 76 valence electrons. The minimum Gasteiger partial charge on any atom is -0.341 e. The van der Waals surface area contributed by atoms with Crippen molar-refractivity contribution < 1.29 is 4.79 Å². The lowest BCUT2D eigenvalue weighted by Crippen LogP contribution is -2.03. The number of nitrogens with zero attached hydrogens (tertiary/aromatic N) is 2. The Bertz CT molecular complexity index is 474. The van der Waals surface area contributed by atoms with Gasteiger partial charge in [-0.1, -0.05) is 0 Å². The quantitative estimate of drug-likeness (QED) is 0.711. The number of aryl methyl sites for hydroxylation is 1. The van der Waals surface area contributed by atoms with Crippen LogP contribution in [0.4, 0.5) is 0 Å². The molecule has 0 aliphatic heterocycles. The highest BCUT2D eigenvalue weighted by Crippen LogP contribution is 2.09. The molecule has 0 spiro atoms. The smallest absolute Gasteiger partial charge is 0.166 e. The van der Waals surface area contributed by atoms with Gasteiger partial charge in [-0.2, -0.15) is 0 Å². The fraction of sp³-hybridized carbons (Fsp3) is 0.167. The molecule has 0 N–H and O–H groups in total. The summed E-state index contributed by atoms with van der Waals surface area (Å²) in [5, 5.41) is 0. The third-order valence-electron chi connectivity index (χ3n) is 2.46. The Morgan fingerprint density at radius 1 is 1.47 bits per heavy atom. The van der Waals surface area contributed by atoms with Crippen LogP contribution in [0, 0.1) is 6.92 Å². The van der Waals surface area contributed by atoms with E-state index in [4.69, 9.17) is 0 Å². The summed E-state index contributed by atoms with van der Waals surface area (Å²) < 4.78 is 1.93. The molecule has 3 heteroatoms. The Morgan fingerprint density at radius 3 is 3.07 bits per heavy atom. The summed E-state index contributed by atoms with van der Waals surface area (Å²) in [5.41, 5.74) is 3.03. The molecule has 0 bridgehead atoms. The lowest BCUT2D eigenvalue weighted by atomic mass is 10.1. The SMILES string of the molecule is Cc1cnccc1Cn1cccc1C=O. The largest absolute Gasteiger partial charge is 0.341 e. The molecule has 0 radical (unpaired) electrons. The van der Waals surface area contributed by atoms with E-state index >= 15 is 0 Å². The summed E-state index contributed by atoms with van der Waals surface area (Å²) in [5.74, 6) is 0. The van der Waals surface area contributed by atoms with Crippen LogP contribution in [-0.4, -0.2) is 15.8 Å². The van der Waals surface area contributed by atoms with Gasteiger partial charge in [0.25, 0.3) is 0 Å². The third kappa shape index (κ3) is 1.96. The molecule has 0 aliphatic rings. The number of hydrogen-bond donors (Lipinski definition) is 0. The summed E-state index contributed by atoms with van der Waals surface area (Å²) in [7, 11) is 0. The maximum atomic E-state index is 10.7. The van der Waals surface area contributed by atoms with E-state index in [9.17, 15) is 4.79 Å². The highest BCUT2D eigenvalue weighted by atomic mass is 16.1. The molecule has 0 aliphatic carbocycles. The molecule has 2 aromatic rings. The first-order chi connectivity index (χ1) is 7.31. The van der Waals surface area contributed by atoms with Crippen molar-refractivity contribution in [3.05, 3.63) is 53.6 Å². The van der Waals surface area contributed by atoms with E-state index in [-0.39, 0.29) is 0 Å². The molecule has 2 heterocycles. The number of carbonyl (C=O) groups is 1. The van der Waals surface area contributed by atoms with Gasteiger partial charge < -0.3 is 4.57 Å². The summed E-state index contributed by atoms with van der Waals surface area (Å²) in [6, 6.07) is 5.66. The van der Waals surface area contributed by atoms with Crippen LogP contribution >= 0.6 is 0 Å². The topological polar surface area (TPSA) is 34.9 Å². The van der Waals surface area contributed by atoms with E-state index in [1.54, 1.807) is 6.20 Å². The first-order valence-electron chi connectivity index (χ1n) is 4.81. The van der Waals surface area contributed by atoms with Gasteiger partial charge in [0.1, 0.15) is 0 Å². The molecule has 0 unspecified atom stereocenters. The van der Waals surface area contributed by atoms with Crippen LogP contribution < -0.4 is 0 Å². The maximum absolute atomic E-state index is 10.7. The normalized spacial score (nSPS) is 10.2. The van der Waals surface area contributed by atoms with Gasteiger partial charge >= 0.3 is 0 Å². The molecular weight excluding hydrogens is 188 g/mol. The first kappa shape index (κ1) is 9.65. The molecular formula is C12H12N2O. The molecule has 3 nitrogen and oxygen atoms in total. The van der Waals surface area contributed by atoms with E-state index in [0.717, 1.165) is 18.4 Å². The number of aromatic nitrogens is 2. The van der Waals surface area contributed by atoms with Crippen molar-refractivity contribution in [2.75, 3.05) is 0 Å². The zero-order chi connectivity index (χ0) is 10.7. The van der Waals surface area contributed by atoms with E-state index in [1.165, 1.54) is 5.56 Å². The third-order valence-corrected chi connectivity index (χ3v) is 2.46. The van der Waals surface area contributed by atoms with Crippen LogP contribution in [0.5, 0.6) is 0 Å². The molecule has 0 fully saturated rings. The van der Waals surface area contributed by atoms with Crippen molar-refractivity contribution in [2.24, 2.45) is 0 Å². The molecule has 0 aromatic carbocycles. The lowest BCUT2D eigenvalue weighted by molar-refractivity contribution is 0.111. The Hall–Kier alpha value is -1.90. The Labute approximate surface area is 88.4 Å². The van der Waals surface area contributed by atoms with Crippen molar-refractivity contribution in [1.29, 1.82) is 0 Å². The average Bonchev–Trinajstić information content (AvgIpc) is 2.69. The second-order valence-electron chi connectivity index (χ2n) is 3.48. The molecule has 2 aromatic heterocycles. The number of pyridine rings is 1. The molecule has 0 saturated heterocycles. The van der Waals surface area contributed by atoms with Gasteiger partial charge in [0, 0.05) is 25.1 Å². The van der Waals surface area contributed by atoms with Gasteiger partial charge in [0.2, 0.25) is 0 Å². The van der Waals surface area contributed by atoms with Crippen molar-refractivity contribution in [1.82, 2.24) is 9.55 Å². The van der Waals surface area contributed by atoms with Crippen molar-refractivity contribution >= 4 is 6.29 Å². The monoisotopic (exact) mass is 200 g/mol. The molecule has 2 rings (SSSR count). The Morgan fingerprint density at radius 2 is 2.33 bits per heavy atom.